The van der Waals surface area contributed by atoms with E-state index in [0.29, 0.717) is 13.1 Å². The third kappa shape index (κ3) is 4.20. The number of aromatic nitrogens is 1. The summed E-state index contributed by atoms with van der Waals surface area (Å²) < 4.78 is 1.15. The first kappa shape index (κ1) is 15.3. The normalized spacial score (nSPS) is 10.5. The van der Waals surface area contributed by atoms with Gasteiger partial charge >= 0.3 is 6.03 Å². The molecule has 3 N–H and O–H groups in total. The van der Waals surface area contributed by atoms with Crippen molar-refractivity contribution in [1.82, 2.24) is 10.3 Å². The number of carbonyl (C=O) groups is 1. The van der Waals surface area contributed by atoms with Crippen molar-refractivity contribution in [1.29, 1.82) is 0 Å². The zero-order valence-electron chi connectivity index (χ0n) is 12.8. The lowest BCUT2D eigenvalue weighted by atomic mass is 10.2. The van der Waals surface area contributed by atoms with Gasteiger partial charge < -0.3 is 16.0 Å². The molecule has 0 fully saturated rings. The molecule has 3 aromatic rings. The van der Waals surface area contributed by atoms with E-state index in [-0.39, 0.29) is 6.03 Å². The number of thiazole rings is 1. The summed E-state index contributed by atoms with van der Waals surface area (Å²) in [7, 11) is 0. The Bertz CT molecular complexity index is 782. The predicted molar refractivity (Wildman–Crippen MR) is 96.3 cm³/mol. The molecule has 0 unspecified atom stereocenters. The lowest BCUT2D eigenvalue weighted by Gasteiger charge is -2.08. The highest BCUT2D eigenvalue weighted by molar-refractivity contribution is 7.22. The van der Waals surface area contributed by atoms with Crippen LogP contribution >= 0.6 is 11.3 Å². The van der Waals surface area contributed by atoms with Crippen molar-refractivity contribution in [3.63, 3.8) is 0 Å². The minimum Gasteiger partial charge on any atom is -0.360 e. The molecule has 2 amide bonds. The first-order valence-corrected chi connectivity index (χ1v) is 8.23. The molecule has 0 saturated heterocycles. The van der Waals surface area contributed by atoms with E-state index in [9.17, 15) is 4.79 Å². The molecule has 0 spiro atoms. The quantitative estimate of drug-likeness (QED) is 0.624. The Kier molecular flexibility index (Phi) is 4.73. The summed E-state index contributed by atoms with van der Waals surface area (Å²) in [5.41, 5.74) is 2.90. The summed E-state index contributed by atoms with van der Waals surface area (Å²) >= 11 is 1.61. The van der Waals surface area contributed by atoms with Crippen LogP contribution in [0.25, 0.3) is 10.2 Å². The van der Waals surface area contributed by atoms with Crippen LogP contribution < -0.4 is 16.0 Å². The van der Waals surface area contributed by atoms with Gasteiger partial charge in [0, 0.05) is 18.8 Å². The number of amides is 2. The summed E-state index contributed by atoms with van der Waals surface area (Å²) in [6.45, 7) is 3.14. The van der Waals surface area contributed by atoms with Gasteiger partial charge in [0.2, 0.25) is 0 Å². The maximum absolute atomic E-state index is 11.8. The fraction of sp³-hybridized carbons (Fsp3) is 0.176. The molecule has 118 valence electrons. The lowest BCUT2D eigenvalue weighted by Crippen LogP contribution is -2.32. The van der Waals surface area contributed by atoms with E-state index >= 15 is 0 Å². The van der Waals surface area contributed by atoms with Gasteiger partial charge in [-0.25, -0.2) is 9.78 Å². The van der Waals surface area contributed by atoms with Crippen LogP contribution in [0.4, 0.5) is 15.6 Å². The van der Waals surface area contributed by atoms with Crippen molar-refractivity contribution in [2.45, 2.75) is 6.92 Å². The van der Waals surface area contributed by atoms with Crippen molar-refractivity contribution in [2.24, 2.45) is 0 Å². The summed E-state index contributed by atoms with van der Waals surface area (Å²) in [6, 6.07) is 15.5. The Morgan fingerprint density at radius 3 is 2.83 bits per heavy atom. The van der Waals surface area contributed by atoms with E-state index in [1.54, 1.807) is 11.3 Å². The standard InChI is InChI=1S/C17H18N4OS/c1-12-5-4-6-13(11-12)20-16(22)18-9-10-19-17-21-14-7-2-3-8-15(14)23-17/h2-8,11H,9-10H2,1H3,(H,19,21)(H2,18,20,22). The molecule has 0 radical (unpaired) electrons. The van der Waals surface area contributed by atoms with E-state index in [1.165, 1.54) is 0 Å². The molecule has 3 rings (SSSR count). The van der Waals surface area contributed by atoms with Gasteiger partial charge in [0.05, 0.1) is 10.2 Å². The molecule has 6 heteroatoms. The second-order valence-electron chi connectivity index (χ2n) is 5.16. The number of nitrogens with one attached hydrogen (secondary N) is 3. The van der Waals surface area contributed by atoms with Gasteiger partial charge in [0.1, 0.15) is 0 Å². The number of urea groups is 1. The molecule has 0 aliphatic heterocycles. The second kappa shape index (κ2) is 7.11. The van der Waals surface area contributed by atoms with Crippen molar-refractivity contribution in [3.05, 3.63) is 54.1 Å². The average Bonchev–Trinajstić information content (AvgIpc) is 2.94. The van der Waals surface area contributed by atoms with Crippen LogP contribution in [0.5, 0.6) is 0 Å². The Morgan fingerprint density at radius 2 is 2.00 bits per heavy atom. The number of hydrogen-bond donors (Lipinski definition) is 3. The molecule has 5 nitrogen and oxygen atoms in total. The van der Waals surface area contributed by atoms with E-state index < -0.39 is 0 Å². The number of aryl methyl sites for hydroxylation is 1. The number of carbonyl (C=O) groups excluding carboxylic acids is 1. The van der Waals surface area contributed by atoms with Gasteiger partial charge in [-0.1, -0.05) is 35.6 Å². The molecule has 2 aromatic carbocycles. The largest absolute Gasteiger partial charge is 0.360 e. The van der Waals surface area contributed by atoms with E-state index in [0.717, 1.165) is 26.6 Å². The van der Waals surface area contributed by atoms with Crippen LogP contribution in [-0.4, -0.2) is 24.1 Å². The maximum atomic E-state index is 11.8. The monoisotopic (exact) mass is 326 g/mol. The zero-order valence-corrected chi connectivity index (χ0v) is 13.6. The number of fused-ring (bicyclic) bond motifs is 1. The van der Waals surface area contributed by atoms with Crippen LogP contribution in [0.3, 0.4) is 0 Å². The van der Waals surface area contributed by atoms with Crippen LogP contribution in [0.1, 0.15) is 5.56 Å². The average molecular weight is 326 g/mol. The topological polar surface area (TPSA) is 66.1 Å². The number of rotatable bonds is 5. The summed E-state index contributed by atoms with van der Waals surface area (Å²) in [5, 5.41) is 9.73. The molecule has 0 saturated carbocycles. The van der Waals surface area contributed by atoms with Crippen LogP contribution in [0, 0.1) is 6.92 Å². The van der Waals surface area contributed by atoms with E-state index in [2.05, 4.69) is 20.9 Å². The minimum absolute atomic E-state index is 0.207. The smallest absolute Gasteiger partial charge is 0.319 e. The molecule has 1 heterocycles. The minimum atomic E-state index is -0.207. The van der Waals surface area contributed by atoms with Gasteiger partial charge in [-0.3, -0.25) is 0 Å². The molecule has 0 aliphatic carbocycles. The molecule has 0 bridgehead atoms. The van der Waals surface area contributed by atoms with Gasteiger partial charge in [-0.05, 0) is 36.8 Å². The van der Waals surface area contributed by atoms with Crippen molar-refractivity contribution >= 4 is 38.4 Å². The number of nitrogens with zero attached hydrogens (tertiary/aromatic N) is 1. The summed E-state index contributed by atoms with van der Waals surface area (Å²) in [6.07, 6.45) is 0. The molecule has 0 atom stereocenters. The number of anilines is 2. The molecule has 1 aromatic heterocycles. The van der Waals surface area contributed by atoms with Gasteiger partial charge in [0.15, 0.2) is 5.13 Å². The first-order chi connectivity index (χ1) is 11.2. The van der Waals surface area contributed by atoms with Gasteiger partial charge in [-0.2, -0.15) is 0 Å². The SMILES string of the molecule is Cc1cccc(NC(=O)NCCNc2nc3ccccc3s2)c1. The number of hydrogen-bond acceptors (Lipinski definition) is 4. The number of para-hydroxylation sites is 1. The third-order valence-electron chi connectivity index (χ3n) is 3.26. The molecular formula is C17H18N4OS. The molecule has 23 heavy (non-hydrogen) atoms. The first-order valence-electron chi connectivity index (χ1n) is 7.42. The number of benzene rings is 2. The van der Waals surface area contributed by atoms with Crippen LogP contribution in [0.15, 0.2) is 48.5 Å². The Hall–Kier alpha value is -2.60. The Balaban J connectivity index is 1.43. The van der Waals surface area contributed by atoms with Crippen LogP contribution in [0.2, 0.25) is 0 Å². The predicted octanol–water partition coefficient (Wildman–Crippen LogP) is 3.84. The zero-order chi connectivity index (χ0) is 16.1. The second-order valence-corrected chi connectivity index (χ2v) is 6.19. The lowest BCUT2D eigenvalue weighted by molar-refractivity contribution is 0.252. The van der Waals surface area contributed by atoms with Crippen molar-refractivity contribution < 1.29 is 4.79 Å². The van der Waals surface area contributed by atoms with Crippen molar-refractivity contribution in [2.75, 3.05) is 23.7 Å². The molecular weight excluding hydrogens is 308 g/mol. The Labute approximate surface area is 138 Å². The van der Waals surface area contributed by atoms with Crippen molar-refractivity contribution in [3.8, 4) is 0 Å². The fourth-order valence-corrected chi connectivity index (χ4v) is 3.08. The molecule has 0 aliphatic rings. The highest BCUT2D eigenvalue weighted by atomic mass is 32.1. The fourth-order valence-electron chi connectivity index (χ4n) is 2.19. The van der Waals surface area contributed by atoms with Gasteiger partial charge in [-0.15, -0.1) is 0 Å². The highest BCUT2D eigenvalue weighted by Gasteiger charge is 2.03. The van der Waals surface area contributed by atoms with E-state index in [4.69, 9.17) is 0 Å². The van der Waals surface area contributed by atoms with Gasteiger partial charge in [0.25, 0.3) is 0 Å². The maximum Gasteiger partial charge on any atom is 0.319 e. The Morgan fingerprint density at radius 1 is 1.13 bits per heavy atom. The highest BCUT2D eigenvalue weighted by Crippen LogP contribution is 2.24. The summed E-state index contributed by atoms with van der Waals surface area (Å²) in [5.74, 6) is 0. The summed E-state index contributed by atoms with van der Waals surface area (Å²) in [4.78, 5) is 16.3. The van der Waals surface area contributed by atoms with Crippen LogP contribution in [-0.2, 0) is 0 Å². The third-order valence-corrected chi connectivity index (χ3v) is 4.25. The van der Waals surface area contributed by atoms with E-state index in [1.807, 2.05) is 55.5 Å².